The van der Waals surface area contributed by atoms with Gasteiger partial charge >= 0.3 is 0 Å². The van der Waals surface area contributed by atoms with Crippen molar-refractivity contribution < 1.29 is 4.74 Å². The van der Waals surface area contributed by atoms with E-state index in [-0.39, 0.29) is 6.04 Å². The van der Waals surface area contributed by atoms with Crippen molar-refractivity contribution in [3.05, 3.63) is 50.4 Å². The predicted molar refractivity (Wildman–Crippen MR) is 116 cm³/mol. The maximum Gasteiger partial charge on any atom is 0.191 e. The molecule has 3 rings (SSSR count). The molecule has 1 aliphatic heterocycles. The van der Waals surface area contributed by atoms with E-state index in [9.17, 15) is 0 Å². The number of benzene rings is 1. The molecule has 2 aromatic rings. The van der Waals surface area contributed by atoms with Gasteiger partial charge in [0.15, 0.2) is 5.96 Å². The van der Waals surface area contributed by atoms with E-state index in [1.54, 1.807) is 18.4 Å². The molecule has 0 saturated carbocycles. The molecule has 1 unspecified atom stereocenters. The van der Waals surface area contributed by atoms with Crippen molar-refractivity contribution in [1.82, 2.24) is 20.5 Å². The third-order valence-electron chi connectivity index (χ3n) is 4.82. The van der Waals surface area contributed by atoms with E-state index in [2.05, 4.69) is 31.6 Å². The summed E-state index contributed by atoms with van der Waals surface area (Å²) in [5.41, 5.74) is 2.28. The SMILES string of the molecule is CN=C(NCc1sc(C)nc1C)NCC(c1cccc(Cl)c1)N1CCOCC1. The monoisotopic (exact) mass is 421 g/mol. The van der Waals surface area contributed by atoms with Crippen LogP contribution < -0.4 is 10.6 Å². The van der Waals surface area contributed by atoms with Gasteiger partial charge in [-0.15, -0.1) is 11.3 Å². The summed E-state index contributed by atoms with van der Waals surface area (Å²) in [6.45, 7) is 8.87. The van der Waals surface area contributed by atoms with Crippen LogP contribution in [0.5, 0.6) is 0 Å². The van der Waals surface area contributed by atoms with Crippen molar-refractivity contribution in [3.8, 4) is 0 Å². The van der Waals surface area contributed by atoms with Gasteiger partial charge in [-0.25, -0.2) is 4.98 Å². The van der Waals surface area contributed by atoms with E-state index in [0.29, 0.717) is 0 Å². The molecule has 2 N–H and O–H groups in total. The smallest absolute Gasteiger partial charge is 0.191 e. The Bertz CT molecular complexity index is 804. The Morgan fingerprint density at radius 1 is 1.32 bits per heavy atom. The average molecular weight is 422 g/mol. The Hall–Kier alpha value is -1.67. The molecular weight excluding hydrogens is 394 g/mol. The van der Waals surface area contributed by atoms with Crippen LogP contribution in [-0.4, -0.2) is 55.7 Å². The van der Waals surface area contributed by atoms with Gasteiger partial charge in [0.1, 0.15) is 0 Å². The van der Waals surface area contributed by atoms with Crippen molar-refractivity contribution in [2.75, 3.05) is 39.9 Å². The molecule has 0 radical (unpaired) electrons. The zero-order chi connectivity index (χ0) is 19.9. The zero-order valence-electron chi connectivity index (χ0n) is 16.7. The number of hydrogen-bond donors (Lipinski definition) is 2. The number of nitrogens with one attached hydrogen (secondary N) is 2. The molecule has 0 amide bonds. The Labute approximate surface area is 176 Å². The predicted octanol–water partition coefficient (Wildman–Crippen LogP) is 3.15. The van der Waals surface area contributed by atoms with Crippen molar-refractivity contribution in [2.45, 2.75) is 26.4 Å². The summed E-state index contributed by atoms with van der Waals surface area (Å²) in [5.74, 6) is 0.783. The highest BCUT2D eigenvalue weighted by molar-refractivity contribution is 7.11. The Kier molecular flexibility index (Phi) is 7.67. The Morgan fingerprint density at radius 2 is 2.11 bits per heavy atom. The summed E-state index contributed by atoms with van der Waals surface area (Å²) in [5, 5.41) is 8.73. The van der Waals surface area contributed by atoms with Crippen molar-refractivity contribution in [1.29, 1.82) is 0 Å². The highest BCUT2D eigenvalue weighted by Gasteiger charge is 2.23. The summed E-state index contributed by atoms with van der Waals surface area (Å²) in [6.07, 6.45) is 0. The summed E-state index contributed by atoms with van der Waals surface area (Å²) in [6, 6.07) is 8.30. The average Bonchev–Trinajstić information content (AvgIpc) is 3.02. The normalized spacial score (nSPS) is 16.8. The van der Waals surface area contributed by atoms with E-state index in [4.69, 9.17) is 16.3 Å². The lowest BCUT2D eigenvalue weighted by atomic mass is 10.0. The molecule has 1 aromatic carbocycles. The van der Waals surface area contributed by atoms with Crippen LogP contribution in [0.15, 0.2) is 29.3 Å². The minimum Gasteiger partial charge on any atom is -0.379 e. The number of nitrogens with zero attached hydrogens (tertiary/aromatic N) is 3. The molecule has 1 saturated heterocycles. The van der Waals surface area contributed by atoms with Crippen LogP contribution in [0.25, 0.3) is 0 Å². The third-order valence-corrected chi connectivity index (χ3v) is 6.13. The number of aliphatic imine (C=N–C) groups is 1. The molecule has 0 aliphatic carbocycles. The summed E-state index contributed by atoms with van der Waals surface area (Å²) in [7, 11) is 1.79. The fourth-order valence-electron chi connectivity index (χ4n) is 3.38. The molecular formula is C20H28ClN5OS. The Balaban J connectivity index is 1.65. The van der Waals surface area contributed by atoms with Crippen LogP contribution in [0.3, 0.4) is 0 Å². The van der Waals surface area contributed by atoms with Crippen molar-refractivity contribution >= 4 is 28.9 Å². The Morgan fingerprint density at radius 3 is 2.75 bits per heavy atom. The van der Waals surface area contributed by atoms with Crippen LogP contribution in [0, 0.1) is 13.8 Å². The number of halogens is 1. The van der Waals surface area contributed by atoms with E-state index in [1.165, 1.54) is 10.4 Å². The first-order chi connectivity index (χ1) is 13.6. The number of hydrogen-bond acceptors (Lipinski definition) is 5. The number of aryl methyl sites for hydroxylation is 2. The molecule has 28 heavy (non-hydrogen) atoms. The molecule has 8 heteroatoms. The lowest BCUT2D eigenvalue weighted by Crippen LogP contribution is -2.46. The number of guanidine groups is 1. The largest absolute Gasteiger partial charge is 0.379 e. The molecule has 152 valence electrons. The number of ether oxygens (including phenoxy) is 1. The van der Waals surface area contributed by atoms with Crippen LogP contribution >= 0.6 is 22.9 Å². The topological polar surface area (TPSA) is 61.8 Å². The first-order valence-corrected chi connectivity index (χ1v) is 10.7. The van der Waals surface area contributed by atoms with Crippen LogP contribution in [0.1, 0.15) is 27.2 Å². The molecule has 1 fully saturated rings. The van der Waals surface area contributed by atoms with Gasteiger partial charge in [-0.2, -0.15) is 0 Å². The van der Waals surface area contributed by atoms with Crippen LogP contribution in [-0.2, 0) is 11.3 Å². The zero-order valence-corrected chi connectivity index (χ0v) is 18.2. The maximum absolute atomic E-state index is 6.25. The van der Waals surface area contributed by atoms with E-state index in [0.717, 1.165) is 61.1 Å². The van der Waals surface area contributed by atoms with Gasteiger partial charge in [-0.1, -0.05) is 23.7 Å². The number of morpholine rings is 1. The second kappa shape index (κ2) is 10.2. The lowest BCUT2D eigenvalue weighted by molar-refractivity contribution is 0.0170. The lowest BCUT2D eigenvalue weighted by Gasteiger charge is -2.35. The summed E-state index contributed by atoms with van der Waals surface area (Å²) in [4.78, 5) is 12.5. The molecule has 0 bridgehead atoms. The van der Waals surface area contributed by atoms with Crippen LogP contribution in [0.2, 0.25) is 5.02 Å². The van der Waals surface area contributed by atoms with Gasteiger partial charge in [0, 0.05) is 36.6 Å². The van der Waals surface area contributed by atoms with Gasteiger partial charge < -0.3 is 15.4 Å². The second-order valence-electron chi connectivity index (χ2n) is 6.77. The summed E-state index contributed by atoms with van der Waals surface area (Å²) < 4.78 is 5.53. The third kappa shape index (κ3) is 5.67. The minimum absolute atomic E-state index is 0.202. The molecule has 1 atom stereocenters. The first kappa shape index (κ1) is 21.0. The molecule has 6 nitrogen and oxygen atoms in total. The van der Waals surface area contributed by atoms with E-state index < -0.39 is 0 Å². The number of rotatable bonds is 6. The molecule has 2 heterocycles. The van der Waals surface area contributed by atoms with Crippen molar-refractivity contribution in [2.24, 2.45) is 4.99 Å². The van der Waals surface area contributed by atoms with Gasteiger partial charge in [0.25, 0.3) is 0 Å². The maximum atomic E-state index is 6.25. The first-order valence-electron chi connectivity index (χ1n) is 9.51. The number of thiazole rings is 1. The van der Waals surface area contributed by atoms with E-state index >= 15 is 0 Å². The summed E-state index contributed by atoms with van der Waals surface area (Å²) >= 11 is 7.97. The van der Waals surface area contributed by atoms with Gasteiger partial charge in [0.2, 0.25) is 0 Å². The molecule has 1 aromatic heterocycles. The van der Waals surface area contributed by atoms with Gasteiger partial charge in [-0.05, 0) is 31.5 Å². The molecule has 0 spiro atoms. The highest BCUT2D eigenvalue weighted by atomic mass is 35.5. The van der Waals surface area contributed by atoms with E-state index in [1.807, 2.05) is 32.0 Å². The highest BCUT2D eigenvalue weighted by Crippen LogP contribution is 2.24. The van der Waals surface area contributed by atoms with Gasteiger partial charge in [0.05, 0.1) is 36.5 Å². The van der Waals surface area contributed by atoms with Gasteiger partial charge in [-0.3, -0.25) is 9.89 Å². The number of aromatic nitrogens is 1. The standard InChI is InChI=1S/C20H28ClN5OS/c1-14-19(28-15(2)25-14)13-24-20(22-3)23-12-18(26-7-9-27-10-8-26)16-5-4-6-17(21)11-16/h4-6,11,18H,7-10,12-13H2,1-3H3,(H2,22,23,24). The fraction of sp³-hybridized carbons (Fsp3) is 0.500. The molecule has 1 aliphatic rings. The quantitative estimate of drug-likeness (QED) is 0.554. The van der Waals surface area contributed by atoms with Crippen molar-refractivity contribution in [3.63, 3.8) is 0 Å². The second-order valence-corrected chi connectivity index (χ2v) is 8.49. The fourth-order valence-corrected chi connectivity index (χ4v) is 4.45. The minimum atomic E-state index is 0.202. The van der Waals surface area contributed by atoms with Crippen LogP contribution in [0.4, 0.5) is 0 Å².